The molecule has 0 radical (unpaired) electrons. The van der Waals surface area contributed by atoms with E-state index in [1.165, 1.54) is 12.8 Å². The van der Waals surface area contributed by atoms with Gasteiger partial charge in [-0.3, -0.25) is 4.79 Å². The number of nitrogens with zero attached hydrogens (tertiary/aromatic N) is 1. The van der Waals surface area contributed by atoms with Gasteiger partial charge in [-0.2, -0.15) is 0 Å². The van der Waals surface area contributed by atoms with Gasteiger partial charge in [0.05, 0.1) is 7.11 Å². The van der Waals surface area contributed by atoms with Crippen molar-refractivity contribution in [3.8, 4) is 16.9 Å². The van der Waals surface area contributed by atoms with Crippen molar-refractivity contribution in [2.45, 2.75) is 32.2 Å². The van der Waals surface area contributed by atoms with E-state index in [0.717, 1.165) is 33.6 Å². The molecule has 1 aromatic carbocycles. The largest absolute Gasteiger partial charge is 0.493 e. The number of hydrogen-bond donors (Lipinski definition) is 0. The normalized spacial score (nSPS) is 14.3. The van der Waals surface area contributed by atoms with Crippen LogP contribution in [0.25, 0.3) is 22.1 Å². The molecule has 0 spiro atoms. The second-order valence-electron chi connectivity index (χ2n) is 6.02. The van der Waals surface area contributed by atoms with Gasteiger partial charge in [0.25, 0.3) is 5.56 Å². The quantitative estimate of drug-likeness (QED) is 0.726. The van der Waals surface area contributed by atoms with Crippen LogP contribution >= 0.6 is 0 Å². The van der Waals surface area contributed by atoms with E-state index in [-0.39, 0.29) is 5.56 Å². The van der Waals surface area contributed by atoms with E-state index in [0.29, 0.717) is 12.5 Å². The average molecular weight is 309 g/mol. The number of pyridine rings is 1. The molecule has 0 bridgehead atoms. The Morgan fingerprint density at radius 2 is 2.09 bits per heavy atom. The summed E-state index contributed by atoms with van der Waals surface area (Å²) < 4.78 is 13.2. The fourth-order valence-corrected chi connectivity index (χ4v) is 3.04. The third-order valence-corrected chi connectivity index (χ3v) is 4.50. The Bertz CT molecular complexity index is 931. The Morgan fingerprint density at radius 1 is 1.26 bits per heavy atom. The maximum absolute atomic E-state index is 11.8. The molecule has 1 aliphatic carbocycles. The number of hydrogen-bond acceptors (Lipinski definition) is 3. The van der Waals surface area contributed by atoms with Crippen molar-refractivity contribution < 1.29 is 9.15 Å². The second-order valence-corrected chi connectivity index (χ2v) is 6.02. The van der Waals surface area contributed by atoms with Crippen molar-refractivity contribution in [1.29, 1.82) is 0 Å². The molecule has 4 rings (SSSR count). The van der Waals surface area contributed by atoms with E-state index in [4.69, 9.17) is 9.15 Å². The summed E-state index contributed by atoms with van der Waals surface area (Å²) in [6.45, 7) is 2.63. The van der Waals surface area contributed by atoms with Gasteiger partial charge < -0.3 is 13.7 Å². The van der Waals surface area contributed by atoms with Crippen molar-refractivity contribution in [3.05, 3.63) is 52.6 Å². The fraction of sp³-hybridized carbons (Fsp3) is 0.316. The summed E-state index contributed by atoms with van der Waals surface area (Å²) in [5.41, 5.74) is 2.90. The van der Waals surface area contributed by atoms with Crippen molar-refractivity contribution in [2.24, 2.45) is 0 Å². The second kappa shape index (κ2) is 5.30. The first-order valence-electron chi connectivity index (χ1n) is 8.02. The maximum Gasteiger partial charge on any atom is 0.250 e. The van der Waals surface area contributed by atoms with Crippen LogP contribution in [-0.4, -0.2) is 11.7 Å². The van der Waals surface area contributed by atoms with Crippen LogP contribution in [0.4, 0.5) is 0 Å². The van der Waals surface area contributed by atoms with E-state index in [1.807, 2.05) is 31.3 Å². The molecule has 3 aromatic rings. The number of rotatable bonds is 4. The number of aromatic nitrogens is 1. The highest BCUT2D eigenvalue weighted by molar-refractivity contribution is 5.97. The summed E-state index contributed by atoms with van der Waals surface area (Å²) in [6.07, 6.45) is 4.30. The molecule has 4 heteroatoms. The molecule has 4 nitrogen and oxygen atoms in total. The molecule has 0 aliphatic heterocycles. The molecule has 2 aromatic heterocycles. The van der Waals surface area contributed by atoms with E-state index in [1.54, 1.807) is 17.7 Å². The molecule has 0 amide bonds. The molecular weight excluding hydrogens is 290 g/mol. The predicted octanol–water partition coefficient (Wildman–Crippen LogP) is 4.17. The van der Waals surface area contributed by atoms with Crippen molar-refractivity contribution in [3.63, 3.8) is 0 Å². The molecule has 2 heterocycles. The first-order valence-corrected chi connectivity index (χ1v) is 8.02. The zero-order chi connectivity index (χ0) is 16.0. The molecule has 1 saturated carbocycles. The molecule has 1 aliphatic rings. The van der Waals surface area contributed by atoms with Gasteiger partial charge in [0.1, 0.15) is 5.76 Å². The van der Waals surface area contributed by atoms with Gasteiger partial charge in [-0.15, -0.1) is 0 Å². The summed E-state index contributed by atoms with van der Waals surface area (Å²) in [4.78, 5) is 11.8. The topological polar surface area (TPSA) is 44.4 Å². The van der Waals surface area contributed by atoms with Crippen molar-refractivity contribution >= 4 is 11.0 Å². The minimum atomic E-state index is 0.0202. The molecular formula is C19H19NO3. The summed E-state index contributed by atoms with van der Waals surface area (Å²) >= 11 is 0. The van der Waals surface area contributed by atoms with E-state index >= 15 is 0 Å². The Hall–Kier alpha value is -2.49. The monoisotopic (exact) mass is 309 g/mol. The van der Waals surface area contributed by atoms with Gasteiger partial charge in [-0.25, -0.2) is 0 Å². The van der Waals surface area contributed by atoms with E-state index in [2.05, 4.69) is 6.07 Å². The highest BCUT2D eigenvalue weighted by atomic mass is 16.5. The van der Waals surface area contributed by atoms with Crippen LogP contribution in [0.15, 0.2) is 45.7 Å². The van der Waals surface area contributed by atoms with Crippen LogP contribution < -0.4 is 10.3 Å². The number of aryl methyl sites for hydroxylation is 1. The van der Waals surface area contributed by atoms with Crippen LogP contribution in [0.1, 0.15) is 31.4 Å². The molecule has 0 saturated heterocycles. The summed E-state index contributed by atoms with van der Waals surface area (Å²) in [6, 6.07) is 9.59. The predicted molar refractivity (Wildman–Crippen MR) is 90.1 cm³/mol. The lowest BCUT2D eigenvalue weighted by molar-refractivity contribution is 0.407. The molecule has 1 fully saturated rings. The third kappa shape index (κ3) is 2.34. The van der Waals surface area contributed by atoms with Crippen LogP contribution in [0, 0.1) is 0 Å². The Labute approximate surface area is 134 Å². The molecule has 0 unspecified atom stereocenters. The summed E-state index contributed by atoms with van der Waals surface area (Å²) in [5.74, 6) is 2.33. The number of fused-ring (bicyclic) bond motifs is 1. The number of methoxy groups -OCH3 is 1. The minimum absolute atomic E-state index is 0.0202. The van der Waals surface area contributed by atoms with Gasteiger partial charge >= 0.3 is 0 Å². The lowest BCUT2D eigenvalue weighted by Gasteiger charge is -2.08. The van der Waals surface area contributed by atoms with Gasteiger partial charge in [0.15, 0.2) is 11.3 Å². The zero-order valence-electron chi connectivity index (χ0n) is 13.3. The van der Waals surface area contributed by atoms with Gasteiger partial charge in [0.2, 0.25) is 0 Å². The number of ether oxygens (including phenoxy) is 1. The molecule has 0 N–H and O–H groups in total. The summed E-state index contributed by atoms with van der Waals surface area (Å²) in [5, 5.41) is 1.05. The van der Waals surface area contributed by atoms with Crippen LogP contribution in [0.5, 0.6) is 5.75 Å². The zero-order valence-corrected chi connectivity index (χ0v) is 13.3. The maximum atomic E-state index is 11.8. The molecule has 23 heavy (non-hydrogen) atoms. The average Bonchev–Trinajstić information content (AvgIpc) is 3.33. The van der Waals surface area contributed by atoms with Gasteiger partial charge in [-0.1, -0.05) is 0 Å². The molecule has 0 atom stereocenters. The minimum Gasteiger partial charge on any atom is -0.493 e. The first kappa shape index (κ1) is 14.1. The smallest absolute Gasteiger partial charge is 0.250 e. The Kier molecular flexibility index (Phi) is 3.26. The van der Waals surface area contributed by atoms with Crippen LogP contribution in [0.2, 0.25) is 0 Å². The van der Waals surface area contributed by atoms with E-state index < -0.39 is 0 Å². The fourth-order valence-electron chi connectivity index (χ4n) is 3.04. The number of benzene rings is 1. The van der Waals surface area contributed by atoms with E-state index in [9.17, 15) is 4.79 Å². The van der Waals surface area contributed by atoms with Crippen molar-refractivity contribution in [2.75, 3.05) is 7.11 Å². The lowest BCUT2D eigenvalue weighted by Crippen LogP contribution is -2.16. The van der Waals surface area contributed by atoms with Gasteiger partial charge in [-0.05, 0) is 55.2 Å². The highest BCUT2D eigenvalue weighted by Gasteiger charge is 2.28. The van der Waals surface area contributed by atoms with Gasteiger partial charge in [0, 0.05) is 30.1 Å². The lowest BCUT2D eigenvalue weighted by atomic mass is 10.0. The van der Waals surface area contributed by atoms with Crippen LogP contribution in [0.3, 0.4) is 0 Å². The SMILES string of the molecule is CCn1cc(-c2ccc(OC)c3oc(C4CC4)cc23)ccc1=O. The summed E-state index contributed by atoms with van der Waals surface area (Å²) in [7, 11) is 1.66. The third-order valence-electron chi connectivity index (χ3n) is 4.50. The standard InChI is InChI=1S/C19H19NO3/c1-3-20-11-13(6-9-18(20)21)14-7-8-16(22-2)19-15(14)10-17(23-19)12-4-5-12/h6-12H,3-5H2,1-2H3. The van der Waals surface area contributed by atoms with Crippen LogP contribution in [-0.2, 0) is 6.54 Å². The Morgan fingerprint density at radius 3 is 2.78 bits per heavy atom. The highest BCUT2D eigenvalue weighted by Crippen LogP contribution is 2.45. The first-order chi connectivity index (χ1) is 11.2. The number of furan rings is 1. The molecule has 118 valence electrons. The Balaban J connectivity index is 1.94. The van der Waals surface area contributed by atoms with Crippen molar-refractivity contribution in [1.82, 2.24) is 4.57 Å².